The first-order valence-electron chi connectivity index (χ1n) is 9.77. The van der Waals surface area contributed by atoms with Crippen molar-refractivity contribution < 1.29 is 22.7 Å². The first-order chi connectivity index (χ1) is 15.4. The molecule has 3 rings (SSSR count). The van der Waals surface area contributed by atoms with Crippen LogP contribution in [0, 0.1) is 0 Å². The van der Waals surface area contributed by atoms with Gasteiger partial charge in [0.15, 0.2) is 0 Å². The maximum atomic E-state index is 13.0. The van der Waals surface area contributed by atoms with Gasteiger partial charge in [0.1, 0.15) is 0 Å². The highest BCUT2D eigenvalue weighted by molar-refractivity contribution is 7.92. The molecule has 0 aliphatic heterocycles. The van der Waals surface area contributed by atoms with Gasteiger partial charge in [0.2, 0.25) is 0 Å². The van der Waals surface area contributed by atoms with E-state index in [9.17, 15) is 18.0 Å². The molecule has 3 N–H and O–H groups in total. The van der Waals surface area contributed by atoms with Crippen molar-refractivity contribution in [3.8, 4) is 0 Å². The van der Waals surface area contributed by atoms with E-state index >= 15 is 0 Å². The molecule has 0 atom stereocenters. The van der Waals surface area contributed by atoms with Crippen molar-refractivity contribution in [2.75, 3.05) is 30.3 Å². The lowest BCUT2D eigenvalue weighted by atomic mass is 10.1. The van der Waals surface area contributed by atoms with E-state index in [1.807, 2.05) is 0 Å². The summed E-state index contributed by atoms with van der Waals surface area (Å²) >= 11 is 0. The van der Waals surface area contributed by atoms with Gasteiger partial charge in [-0.15, -0.1) is 0 Å². The van der Waals surface area contributed by atoms with Crippen molar-refractivity contribution in [3.63, 3.8) is 0 Å². The van der Waals surface area contributed by atoms with Crippen molar-refractivity contribution in [3.05, 3.63) is 90.0 Å². The Morgan fingerprint density at radius 3 is 2.00 bits per heavy atom. The number of benzene rings is 3. The van der Waals surface area contributed by atoms with Gasteiger partial charge >= 0.3 is 0 Å². The Labute approximate surface area is 186 Å². The Morgan fingerprint density at radius 1 is 0.781 bits per heavy atom. The van der Waals surface area contributed by atoms with Crippen LogP contribution in [0.5, 0.6) is 0 Å². The molecule has 3 aromatic rings. The highest BCUT2D eigenvalue weighted by Gasteiger charge is 2.20. The second kappa shape index (κ2) is 10.6. The quantitative estimate of drug-likeness (QED) is 0.431. The van der Waals surface area contributed by atoms with Crippen molar-refractivity contribution in [2.45, 2.75) is 4.90 Å². The minimum Gasteiger partial charge on any atom is -0.383 e. The number of hydrogen-bond donors (Lipinski definition) is 3. The van der Waals surface area contributed by atoms with Gasteiger partial charge in [0.25, 0.3) is 21.8 Å². The first-order valence-corrected chi connectivity index (χ1v) is 11.2. The van der Waals surface area contributed by atoms with E-state index < -0.39 is 15.9 Å². The van der Waals surface area contributed by atoms with Crippen LogP contribution in [0.1, 0.15) is 20.7 Å². The first kappa shape index (κ1) is 23.0. The molecule has 0 saturated carbocycles. The van der Waals surface area contributed by atoms with Crippen LogP contribution < -0.4 is 15.4 Å². The Morgan fingerprint density at radius 2 is 1.34 bits per heavy atom. The molecule has 0 fully saturated rings. The average molecular weight is 454 g/mol. The van der Waals surface area contributed by atoms with Crippen LogP contribution in [-0.4, -0.2) is 40.5 Å². The monoisotopic (exact) mass is 453 g/mol. The number of carbonyl (C=O) groups is 2. The third kappa shape index (κ3) is 5.71. The Bertz CT molecular complexity index is 1200. The maximum absolute atomic E-state index is 13.0. The van der Waals surface area contributed by atoms with Crippen LogP contribution in [0.2, 0.25) is 0 Å². The molecule has 0 aromatic heterocycles. The summed E-state index contributed by atoms with van der Waals surface area (Å²) in [6.45, 7) is 0.677. The van der Waals surface area contributed by atoms with E-state index in [4.69, 9.17) is 4.74 Å². The third-order valence-corrected chi connectivity index (χ3v) is 5.86. The molecule has 0 saturated heterocycles. The van der Waals surface area contributed by atoms with E-state index in [1.165, 1.54) is 31.4 Å². The number of ether oxygens (including phenoxy) is 1. The summed E-state index contributed by atoms with van der Waals surface area (Å²) in [5.74, 6) is -0.926. The van der Waals surface area contributed by atoms with E-state index in [2.05, 4.69) is 15.4 Å². The second-order valence-electron chi connectivity index (χ2n) is 6.71. The molecule has 2 amide bonds. The fourth-order valence-electron chi connectivity index (χ4n) is 2.92. The van der Waals surface area contributed by atoms with Crippen molar-refractivity contribution >= 4 is 33.2 Å². The lowest BCUT2D eigenvalue weighted by Gasteiger charge is -2.14. The minimum absolute atomic E-state index is 0.0771. The molecule has 8 nitrogen and oxygen atoms in total. The molecule has 0 bridgehead atoms. The lowest BCUT2D eigenvalue weighted by molar-refractivity contribution is 0.0938. The van der Waals surface area contributed by atoms with Crippen molar-refractivity contribution in [1.82, 2.24) is 5.32 Å². The average Bonchev–Trinajstić information content (AvgIpc) is 2.80. The van der Waals surface area contributed by atoms with Crippen LogP contribution in [-0.2, 0) is 14.8 Å². The highest BCUT2D eigenvalue weighted by atomic mass is 32.2. The summed E-state index contributed by atoms with van der Waals surface area (Å²) in [7, 11) is -2.35. The predicted octanol–water partition coefficient (Wildman–Crippen LogP) is 3.12. The number of carbonyl (C=O) groups excluding carboxylic acids is 2. The van der Waals surface area contributed by atoms with Crippen LogP contribution in [0.4, 0.5) is 11.4 Å². The predicted molar refractivity (Wildman–Crippen MR) is 122 cm³/mol. The SMILES string of the molecule is COCCNC(=O)c1ccccc1NC(=O)c1ccccc1NS(=O)(=O)c1ccccc1. The van der Waals surface area contributed by atoms with Gasteiger partial charge in [0.05, 0.1) is 34.0 Å². The fraction of sp³-hybridized carbons (Fsp3) is 0.130. The van der Waals surface area contributed by atoms with Gasteiger partial charge < -0.3 is 15.4 Å². The standard InChI is InChI=1S/C23H23N3O5S/c1-31-16-15-24-22(27)18-11-5-7-13-20(18)25-23(28)19-12-6-8-14-21(19)26-32(29,30)17-9-3-2-4-10-17/h2-14,26H,15-16H2,1H3,(H,24,27)(H,25,28). The van der Waals surface area contributed by atoms with Gasteiger partial charge in [-0.1, -0.05) is 42.5 Å². The third-order valence-electron chi connectivity index (χ3n) is 4.48. The van der Waals surface area contributed by atoms with Gasteiger partial charge in [-0.3, -0.25) is 14.3 Å². The molecule has 3 aromatic carbocycles. The number of anilines is 2. The highest BCUT2D eigenvalue weighted by Crippen LogP contribution is 2.22. The largest absolute Gasteiger partial charge is 0.383 e. The second-order valence-corrected chi connectivity index (χ2v) is 8.39. The number of sulfonamides is 1. The summed E-state index contributed by atoms with van der Waals surface area (Å²) in [4.78, 5) is 25.5. The summed E-state index contributed by atoms with van der Waals surface area (Å²) in [5, 5.41) is 5.41. The molecule has 0 heterocycles. The molecule has 9 heteroatoms. The zero-order valence-electron chi connectivity index (χ0n) is 17.4. The van der Waals surface area contributed by atoms with Gasteiger partial charge in [-0.05, 0) is 36.4 Å². The molecule has 0 radical (unpaired) electrons. The summed E-state index contributed by atoms with van der Waals surface area (Å²) in [6.07, 6.45) is 0. The topological polar surface area (TPSA) is 114 Å². The van der Waals surface area contributed by atoms with Gasteiger partial charge in [0, 0.05) is 13.7 Å². The fourth-order valence-corrected chi connectivity index (χ4v) is 4.02. The Balaban J connectivity index is 1.83. The number of hydrogen-bond acceptors (Lipinski definition) is 5. The van der Waals surface area contributed by atoms with Crippen molar-refractivity contribution in [2.24, 2.45) is 0 Å². The maximum Gasteiger partial charge on any atom is 0.261 e. The minimum atomic E-state index is -3.88. The molecular formula is C23H23N3O5S. The van der Waals surface area contributed by atoms with Crippen LogP contribution >= 0.6 is 0 Å². The zero-order chi connectivity index (χ0) is 23.0. The van der Waals surface area contributed by atoms with E-state index in [0.29, 0.717) is 18.8 Å². The Hall–Kier alpha value is -3.69. The van der Waals surface area contributed by atoms with Crippen LogP contribution in [0.15, 0.2) is 83.8 Å². The van der Waals surface area contributed by atoms with Crippen molar-refractivity contribution in [1.29, 1.82) is 0 Å². The van der Waals surface area contributed by atoms with Crippen LogP contribution in [0.3, 0.4) is 0 Å². The molecule has 0 unspecified atom stereocenters. The molecule has 0 aliphatic carbocycles. The number of amides is 2. The van der Waals surface area contributed by atoms with E-state index in [1.54, 1.807) is 54.6 Å². The molecule has 0 spiro atoms. The Kier molecular flexibility index (Phi) is 7.58. The molecule has 32 heavy (non-hydrogen) atoms. The summed E-state index contributed by atoms with van der Waals surface area (Å²) in [5.41, 5.74) is 0.810. The van der Waals surface area contributed by atoms with Crippen LogP contribution in [0.25, 0.3) is 0 Å². The number of methoxy groups -OCH3 is 1. The smallest absolute Gasteiger partial charge is 0.261 e. The summed E-state index contributed by atoms with van der Waals surface area (Å²) in [6, 6.07) is 20.7. The zero-order valence-corrected chi connectivity index (χ0v) is 18.2. The lowest BCUT2D eigenvalue weighted by Crippen LogP contribution is -2.28. The van der Waals surface area contributed by atoms with Gasteiger partial charge in [-0.2, -0.15) is 0 Å². The van der Waals surface area contributed by atoms with Gasteiger partial charge in [-0.25, -0.2) is 8.42 Å². The normalized spacial score (nSPS) is 10.9. The number of nitrogens with one attached hydrogen (secondary N) is 3. The number of para-hydroxylation sites is 2. The number of rotatable bonds is 9. The molecule has 166 valence electrons. The summed E-state index contributed by atoms with van der Waals surface area (Å²) < 4.78 is 32.8. The molecular weight excluding hydrogens is 430 g/mol. The molecule has 0 aliphatic rings. The van der Waals surface area contributed by atoms with E-state index in [-0.39, 0.29) is 27.6 Å². The van der Waals surface area contributed by atoms with E-state index in [0.717, 1.165) is 0 Å².